The van der Waals surface area contributed by atoms with Crippen molar-refractivity contribution in [1.82, 2.24) is 34.3 Å². The second-order valence-electron chi connectivity index (χ2n) is 7.30. The highest BCUT2D eigenvalue weighted by atomic mass is 16.2. The van der Waals surface area contributed by atoms with Crippen molar-refractivity contribution < 1.29 is 4.79 Å². The molecule has 8 nitrogen and oxygen atoms in total. The Kier molecular flexibility index (Phi) is 3.61. The van der Waals surface area contributed by atoms with Crippen LogP contribution in [0, 0.1) is 13.8 Å². The van der Waals surface area contributed by atoms with Crippen molar-refractivity contribution in [2.24, 2.45) is 7.05 Å². The predicted molar refractivity (Wildman–Crippen MR) is 103 cm³/mol. The minimum Gasteiger partial charge on any atom is -0.348 e. The van der Waals surface area contributed by atoms with Gasteiger partial charge in [0.15, 0.2) is 0 Å². The van der Waals surface area contributed by atoms with E-state index in [-0.39, 0.29) is 11.9 Å². The van der Waals surface area contributed by atoms with Crippen molar-refractivity contribution in [1.29, 1.82) is 0 Å². The van der Waals surface area contributed by atoms with Crippen LogP contribution in [0.3, 0.4) is 0 Å². The largest absolute Gasteiger partial charge is 0.348 e. The molecule has 0 aliphatic carbocycles. The topological polar surface area (TPSA) is 84.1 Å². The summed E-state index contributed by atoms with van der Waals surface area (Å²) in [5.41, 5.74) is 6.30. The normalized spacial score (nSPS) is 16.5. The number of pyridine rings is 1. The summed E-state index contributed by atoms with van der Waals surface area (Å²) >= 11 is 0. The SMILES string of the molecule is Cc1cc(C(=O)N2CCc3[nH]cnc3C2c2cc3c(C)cccn3n2)n(C)n1. The molecular formula is C20H21N7O. The van der Waals surface area contributed by atoms with Crippen LogP contribution in [0.25, 0.3) is 5.52 Å². The molecule has 0 aromatic carbocycles. The lowest BCUT2D eigenvalue weighted by molar-refractivity contribution is 0.0675. The Bertz CT molecular complexity index is 1200. The molecule has 8 heteroatoms. The second-order valence-corrected chi connectivity index (χ2v) is 7.30. The molecule has 0 radical (unpaired) electrons. The van der Waals surface area contributed by atoms with Crippen LogP contribution in [0.4, 0.5) is 0 Å². The van der Waals surface area contributed by atoms with Crippen molar-refractivity contribution in [3.63, 3.8) is 0 Å². The Labute approximate surface area is 161 Å². The molecule has 0 spiro atoms. The molecule has 1 amide bonds. The highest BCUT2D eigenvalue weighted by Crippen LogP contribution is 2.34. The van der Waals surface area contributed by atoms with Gasteiger partial charge in [-0.1, -0.05) is 6.07 Å². The van der Waals surface area contributed by atoms with E-state index in [0.717, 1.165) is 40.3 Å². The van der Waals surface area contributed by atoms with Crippen LogP contribution in [0.15, 0.2) is 36.8 Å². The molecule has 28 heavy (non-hydrogen) atoms. The monoisotopic (exact) mass is 375 g/mol. The molecule has 0 saturated carbocycles. The number of carbonyl (C=O) groups is 1. The number of imidazole rings is 1. The van der Waals surface area contributed by atoms with E-state index in [1.54, 1.807) is 18.1 Å². The van der Waals surface area contributed by atoms with Gasteiger partial charge in [0.2, 0.25) is 0 Å². The molecule has 4 aromatic heterocycles. The fourth-order valence-corrected chi connectivity index (χ4v) is 4.06. The number of aryl methyl sites for hydroxylation is 3. The molecule has 0 fully saturated rings. The highest BCUT2D eigenvalue weighted by molar-refractivity contribution is 5.93. The van der Waals surface area contributed by atoms with E-state index >= 15 is 0 Å². The van der Waals surface area contributed by atoms with Crippen LogP contribution < -0.4 is 0 Å². The maximum Gasteiger partial charge on any atom is 0.273 e. The number of nitrogens with one attached hydrogen (secondary N) is 1. The first-order valence-electron chi connectivity index (χ1n) is 9.31. The molecule has 0 bridgehead atoms. The van der Waals surface area contributed by atoms with E-state index < -0.39 is 0 Å². The minimum absolute atomic E-state index is 0.0597. The maximum atomic E-state index is 13.4. The quantitative estimate of drug-likeness (QED) is 0.582. The summed E-state index contributed by atoms with van der Waals surface area (Å²) in [6, 6.07) is 7.58. The molecule has 1 aliphatic rings. The number of aromatic nitrogens is 6. The number of nitrogens with zero attached hydrogens (tertiary/aromatic N) is 6. The van der Waals surface area contributed by atoms with Gasteiger partial charge in [-0.05, 0) is 37.6 Å². The van der Waals surface area contributed by atoms with Crippen LogP contribution in [0.5, 0.6) is 0 Å². The first-order chi connectivity index (χ1) is 13.5. The van der Waals surface area contributed by atoms with Crippen molar-refractivity contribution in [3.8, 4) is 0 Å². The average molecular weight is 375 g/mol. The molecule has 1 aliphatic heterocycles. The van der Waals surface area contributed by atoms with Gasteiger partial charge in [0, 0.05) is 31.9 Å². The molecule has 1 unspecified atom stereocenters. The lowest BCUT2D eigenvalue weighted by Gasteiger charge is -2.33. The van der Waals surface area contributed by atoms with E-state index in [1.807, 2.05) is 34.7 Å². The average Bonchev–Trinajstić information content (AvgIpc) is 3.38. The van der Waals surface area contributed by atoms with E-state index in [1.165, 1.54) is 0 Å². The first kappa shape index (κ1) is 16.7. The third kappa shape index (κ3) is 2.45. The number of aromatic amines is 1. The van der Waals surface area contributed by atoms with Gasteiger partial charge < -0.3 is 9.88 Å². The predicted octanol–water partition coefficient (Wildman–Crippen LogP) is 2.20. The van der Waals surface area contributed by atoms with E-state index in [9.17, 15) is 4.79 Å². The van der Waals surface area contributed by atoms with Crippen LogP contribution in [0.2, 0.25) is 0 Å². The zero-order chi connectivity index (χ0) is 19.4. The van der Waals surface area contributed by atoms with Gasteiger partial charge in [-0.15, -0.1) is 0 Å². The summed E-state index contributed by atoms with van der Waals surface area (Å²) in [6.07, 6.45) is 4.36. The Balaban J connectivity index is 1.65. The van der Waals surface area contributed by atoms with E-state index in [4.69, 9.17) is 5.10 Å². The van der Waals surface area contributed by atoms with E-state index in [0.29, 0.717) is 12.2 Å². The van der Waals surface area contributed by atoms with Crippen LogP contribution in [-0.4, -0.2) is 46.7 Å². The summed E-state index contributed by atoms with van der Waals surface area (Å²) in [5, 5.41) is 9.11. The van der Waals surface area contributed by atoms with Gasteiger partial charge in [-0.3, -0.25) is 9.48 Å². The number of hydrogen-bond donors (Lipinski definition) is 1. The van der Waals surface area contributed by atoms with Crippen LogP contribution in [0.1, 0.15) is 44.9 Å². The van der Waals surface area contributed by atoms with Gasteiger partial charge in [-0.2, -0.15) is 10.2 Å². The summed E-state index contributed by atoms with van der Waals surface area (Å²) in [5.74, 6) is -0.0597. The number of H-pyrrole nitrogens is 1. The first-order valence-corrected chi connectivity index (χ1v) is 9.31. The molecular weight excluding hydrogens is 354 g/mol. The lowest BCUT2D eigenvalue weighted by Crippen LogP contribution is -2.41. The minimum atomic E-state index is -0.336. The van der Waals surface area contributed by atoms with Crippen LogP contribution >= 0.6 is 0 Å². The van der Waals surface area contributed by atoms with E-state index in [2.05, 4.69) is 34.1 Å². The zero-order valence-electron chi connectivity index (χ0n) is 16.0. The number of amides is 1. The van der Waals surface area contributed by atoms with Crippen molar-refractivity contribution in [2.45, 2.75) is 26.3 Å². The smallest absolute Gasteiger partial charge is 0.273 e. The Hall–Kier alpha value is -3.42. The summed E-state index contributed by atoms with van der Waals surface area (Å²) < 4.78 is 3.51. The number of hydrogen-bond acceptors (Lipinski definition) is 4. The van der Waals surface area contributed by atoms with Gasteiger partial charge in [0.05, 0.1) is 28.9 Å². The number of carbonyl (C=O) groups excluding carboxylic acids is 1. The van der Waals surface area contributed by atoms with Crippen molar-refractivity contribution in [3.05, 3.63) is 70.8 Å². The van der Waals surface area contributed by atoms with Crippen molar-refractivity contribution in [2.75, 3.05) is 6.54 Å². The third-order valence-electron chi connectivity index (χ3n) is 5.42. The van der Waals surface area contributed by atoms with Gasteiger partial charge in [0.1, 0.15) is 11.7 Å². The molecule has 142 valence electrons. The summed E-state index contributed by atoms with van der Waals surface area (Å²) in [4.78, 5) is 23.0. The fourth-order valence-electron chi connectivity index (χ4n) is 4.06. The lowest BCUT2D eigenvalue weighted by atomic mass is 9.99. The van der Waals surface area contributed by atoms with Crippen molar-refractivity contribution >= 4 is 11.4 Å². The highest BCUT2D eigenvalue weighted by Gasteiger charge is 2.37. The number of fused-ring (bicyclic) bond motifs is 2. The summed E-state index contributed by atoms with van der Waals surface area (Å²) in [6.45, 7) is 4.54. The molecule has 5 heterocycles. The third-order valence-corrected chi connectivity index (χ3v) is 5.42. The Morgan fingerprint density at radius 3 is 2.86 bits per heavy atom. The molecule has 5 rings (SSSR count). The Morgan fingerprint density at radius 1 is 1.25 bits per heavy atom. The molecule has 4 aromatic rings. The molecule has 0 saturated heterocycles. The molecule has 1 N–H and O–H groups in total. The summed E-state index contributed by atoms with van der Waals surface area (Å²) in [7, 11) is 1.80. The van der Waals surface area contributed by atoms with Crippen LogP contribution in [-0.2, 0) is 13.5 Å². The Morgan fingerprint density at radius 2 is 2.11 bits per heavy atom. The van der Waals surface area contributed by atoms with Gasteiger partial charge in [0.25, 0.3) is 5.91 Å². The number of rotatable bonds is 2. The second kappa shape index (κ2) is 6.05. The zero-order valence-corrected chi connectivity index (χ0v) is 16.0. The van der Waals surface area contributed by atoms with Gasteiger partial charge >= 0.3 is 0 Å². The maximum absolute atomic E-state index is 13.4. The fraction of sp³-hybridized carbons (Fsp3) is 0.300. The molecule has 1 atom stereocenters. The van der Waals surface area contributed by atoms with Gasteiger partial charge in [-0.25, -0.2) is 9.50 Å². The standard InChI is InChI=1S/C20H21N7O/c1-12-5-4-7-27-16(12)10-15(24-27)19-18-14(21-11-22-18)6-8-26(19)20(28)17-9-13(2)23-25(17)3/h4-5,7,9-11,19H,6,8H2,1-3H3,(H,21,22).